The average Bonchev–Trinajstić information content (AvgIpc) is 2.55. The van der Waals surface area contributed by atoms with Crippen LogP contribution < -0.4 is 9.47 Å². The summed E-state index contributed by atoms with van der Waals surface area (Å²) in [5.74, 6) is -0.139. The number of rotatable bonds is 7. The fraction of sp³-hybridized carbons (Fsp3) is 0.222. The molecule has 0 saturated carbocycles. The molecular formula is C18H17ClINO4. The number of aliphatic carboxylic acids is 1. The molecule has 1 N–H and O–H groups in total. The lowest BCUT2D eigenvalue weighted by molar-refractivity contribution is -0.139. The van der Waals surface area contributed by atoms with Crippen LogP contribution in [0.2, 0.25) is 5.02 Å². The molecule has 0 fully saturated rings. The van der Waals surface area contributed by atoms with Gasteiger partial charge in [0, 0.05) is 11.2 Å². The van der Waals surface area contributed by atoms with Crippen molar-refractivity contribution in [3.05, 3.63) is 50.1 Å². The van der Waals surface area contributed by atoms with E-state index in [4.69, 9.17) is 26.2 Å². The lowest BCUT2D eigenvalue weighted by Gasteiger charge is -2.13. The fourth-order valence-corrected chi connectivity index (χ4v) is 2.97. The van der Waals surface area contributed by atoms with Gasteiger partial charge >= 0.3 is 5.97 Å². The number of hydrogen-bond donors (Lipinski definition) is 1. The summed E-state index contributed by atoms with van der Waals surface area (Å²) in [6.45, 7) is 3.80. The maximum absolute atomic E-state index is 10.7. The number of carbonyl (C=O) groups is 1. The Bertz CT molecular complexity index is 808. The van der Waals surface area contributed by atoms with Crippen molar-refractivity contribution in [1.82, 2.24) is 0 Å². The quantitative estimate of drug-likeness (QED) is 0.460. The van der Waals surface area contributed by atoms with Crippen LogP contribution in [0.3, 0.4) is 0 Å². The zero-order valence-electron chi connectivity index (χ0n) is 13.8. The number of carboxylic acids is 1. The Morgan fingerprint density at radius 3 is 2.72 bits per heavy atom. The van der Waals surface area contributed by atoms with Crippen LogP contribution in [0.25, 0.3) is 0 Å². The molecule has 0 aliphatic carbocycles. The highest BCUT2D eigenvalue weighted by molar-refractivity contribution is 14.1. The van der Waals surface area contributed by atoms with E-state index in [9.17, 15) is 4.79 Å². The third-order valence-corrected chi connectivity index (χ3v) is 4.40. The molecule has 2 aromatic rings. The van der Waals surface area contributed by atoms with Crippen LogP contribution in [0.4, 0.5) is 5.69 Å². The summed E-state index contributed by atoms with van der Waals surface area (Å²) in [5, 5.41) is 9.46. The van der Waals surface area contributed by atoms with Crippen molar-refractivity contribution >= 4 is 52.1 Å². The highest BCUT2D eigenvalue weighted by Crippen LogP contribution is 2.34. The standard InChI is InChI=1S/C18H17ClINO4/c1-3-24-16-7-12(6-15(20)18(16)25-10-17(22)23)9-21-13-5-4-11(2)14(19)8-13/h4-9H,3,10H2,1-2H3,(H,22,23). The molecule has 25 heavy (non-hydrogen) atoms. The Morgan fingerprint density at radius 2 is 2.08 bits per heavy atom. The second-order valence-electron chi connectivity index (χ2n) is 5.14. The number of carboxylic acid groups (broad SMARTS) is 1. The summed E-state index contributed by atoms with van der Waals surface area (Å²) in [6, 6.07) is 9.21. The van der Waals surface area contributed by atoms with Gasteiger partial charge in [0.25, 0.3) is 0 Å². The van der Waals surface area contributed by atoms with Crippen LogP contribution in [-0.2, 0) is 4.79 Å². The summed E-state index contributed by atoms with van der Waals surface area (Å²) in [5.41, 5.74) is 2.55. The highest BCUT2D eigenvalue weighted by Gasteiger charge is 2.13. The molecule has 0 aromatic heterocycles. The molecule has 0 atom stereocenters. The van der Waals surface area contributed by atoms with Crippen molar-refractivity contribution in [3.63, 3.8) is 0 Å². The lowest BCUT2D eigenvalue weighted by Crippen LogP contribution is -2.11. The second kappa shape index (κ2) is 9.05. The SMILES string of the molecule is CCOc1cc(C=Nc2ccc(C)c(Cl)c2)cc(I)c1OCC(=O)O. The number of hydrogen-bond acceptors (Lipinski definition) is 4. The number of halogens is 2. The van der Waals surface area contributed by atoms with Gasteiger partial charge in [-0.15, -0.1) is 0 Å². The van der Waals surface area contributed by atoms with Crippen molar-refractivity contribution in [3.8, 4) is 11.5 Å². The molecule has 2 aromatic carbocycles. The first-order valence-electron chi connectivity index (χ1n) is 7.52. The number of ether oxygens (including phenoxy) is 2. The lowest BCUT2D eigenvalue weighted by atomic mass is 10.2. The van der Waals surface area contributed by atoms with Gasteiger partial charge in [0.1, 0.15) is 0 Å². The topological polar surface area (TPSA) is 68.1 Å². The van der Waals surface area contributed by atoms with E-state index in [0.717, 1.165) is 20.4 Å². The maximum atomic E-state index is 10.7. The monoisotopic (exact) mass is 473 g/mol. The van der Waals surface area contributed by atoms with Gasteiger partial charge in [-0.1, -0.05) is 17.7 Å². The van der Waals surface area contributed by atoms with Gasteiger partial charge in [0.05, 0.1) is 15.9 Å². The molecule has 132 valence electrons. The largest absolute Gasteiger partial charge is 0.490 e. The smallest absolute Gasteiger partial charge is 0.341 e. The van der Waals surface area contributed by atoms with Crippen molar-refractivity contribution in [1.29, 1.82) is 0 Å². The van der Waals surface area contributed by atoms with E-state index in [0.29, 0.717) is 23.1 Å². The summed E-state index contributed by atoms with van der Waals surface area (Å²) >= 11 is 8.19. The Morgan fingerprint density at radius 1 is 1.32 bits per heavy atom. The molecule has 7 heteroatoms. The van der Waals surface area contributed by atoms with Crippen LogP contribution in [0.15, 0.2) is 35.3 Å². The normalized spacial score (nSPS) is 10.9. The number of benzene rings is 2. The number of aryl methyl sites for hydroxylation is 1. The molecule has 0 bridgehead atoms. The molecule has 0 aliphatic rings. The van der Waals surface area contributed by atoms with Gasteiger partial charge in [-0.2, -0.15) is 0 Å². The Hall–Kier alpha value is -1.80. The van der Waals surface area contributed by atoms with Gasteiger partial charge in [0.2, 0.25) is 0 Å². The van der Waals surface area contributed by atoms with E-state index in [-0.39, 0.29) is 0 Å². The van der Waals surface area contributed by atoms with Crippen molar-refractivity contribution in [2.24, 2.45) is 4.99 Å². The summed E-state index contributed by atoms with van der Waals surface area (Å²) in [6.07, 6.45) is 1.70. The Balaban J connectivity index is 2.30. The van der Waals surface area contributed by atoms with Gasteiger partial charge in [0.15, 0.2) is 18.1 Å². The zero-order valence-corrected chi connectivity index (χ0v) is 16.7. The van der Waals surface area contributed by atoms with Gasteiger partial charge in [-0.05, 0) is 71.8 Å². The van der Waals surface area contributed by atoms with E-state index in [1.54, 1.807) is 18.3 Å². The van der Waals surface area contributed by atoms with Crippen LogP contribution in [0, 0.1) is 10.5 Å². The van der Waals surface area contributed by atoms with Crippen LogP contribution in [0.1, 0.15) is 18.1 Å². The van der Waals surface area contributed by atoms with E-state index in [1.807, 2.05) is 32.0 Å². The van der Waals surface area contributed by atoms with Gasteiger partial charge in [-0.25, -0.2) is 4.79 Å². The molecule has 0 saturated heterocycles. The molecule has 5 nitrogen and oxygen atoms in total. The van der Waals surface area contributed by atoms with E-state index in [1.165, 1.54) is 0 Å². The van der Waals surface area contributed by atoms with Crippen molar-refractivity contribution in [2.45, 2.75) is 13.8 Å². The molecule has 0 aliphatic heterocycles. The molecule has 0 radical (unpaired) electrons. The minimum absolute atomic E-state index is 0.417. The predicted octanol–water partition coefficient (Wildman–Crippen LogP) is 4.87. The van der Waals surface area contributed by atoms with Gasteiger partial charge in [-0.3, -0.25) is 4.99 Å². The Kier molecular flexibility index (Phi) is 7.07. The molecule has 0 heterocycles. The minimum Gasteiger partial charge on any atom is -0.490 e. The van der Waals surface area contributed by atoms with Gasteiger partial charge < -0.3 is 14.6 Å². The summed E-state index contributed by atoms with van der Waals surface area (Å²) < 4.78 is 11.7. The first-order chi connectivity index (χ1) is 11.9. The van der Waals surface area contributed by atoms with Crippen LogP contribution in [-0.4, -0.2) is 30.5 Å². The zero-order chi connectivity index (χ0) is 18.4. The van der Waals surface area contributed by atoms with E-state index in [2.05, 4.69) is 27.6 Å². The minimum atomic E-state index is -1.04. The third-order valence-electron chi connectivity index (χ3n) is 3.19. The van der Waals surface area contributed by atoms with Crippen LogP contribution in [0.5, 0.6) is 11.5 Å². The Labute approximate surface area is 164 Å². The number of nitrogens with zero attached hydrogens (tertiary/aromatic N) is 1. The maximum Gasteiger partial charge on any atom is 0.341 e. The van der Waals surface area contributed by atoms with Crippen molar-refractivity contribution in [2.75, 3.05) is 13.2 Å². The first kappa shape index (κ1) is 19.5. The fourth-order valence-electron chi connectivity index (χ4n) is 2.01. The molecule has 0 unspecified atom stereocenters. The van der Waals surface area contributed by atoms with Crippen LogP contribution >= 0.6 is 34.2 Å². The van der Waals surface area contributed by atoms with E-state index >= 15 is 0 Å². The second-order valence-corrected chi connectivity index (χ2v) is 6.71. The molecule has 0 amide bonds. The third kappa shape index (κ3) is 5.61. The number of aliphatic imine (C=N–C) groups is 1. The molecular weight excluding hydrogens is 457 g/mol. The van der Waals surface area contributed by atoms with Crippen molar-refractivity contribution < 1.29 is 19.4 Å². The molecule has 0 spiro atoms. The van der Waals surface area contributed by atoms with E-state index < -0.39 is 12.6 Å². The summed E-state index contributed by atoms with van der Waals surface area (Å²) in [7, 11) is 0. The first-order valence-corrected chi connectivity index (χ1v) is 8.97. The highest BCUT2D eigenvalue weighted by atomic mass is 127. The molecule has 2 rings (SSSR count). The average molecular weight is 474 g/mol. The summed E-state index contributed by atoms with van der Waals surface area (Å²) in [4.78, 5) is 15.2. The predicted molar refractivity (Wildman–Crippen MR) is 107 cm³/mol.